The van der Waals surface area contributed by atoms with Gasteiger partial charge in [-0.05, 0) is 48.0 Å². The van der Waals surface area contributed by atoms with E-state index in [1.807, 2.05) is 12.1 Å². The van der Waals surface area contributed by atoms with Gasteiger partial charge in [-0.3, -0.25) is 4.79 Å². The smallest absolute Gasteiger partial charge is 0.366 e. The van der Waals surface area contributed by atoms with Crippen LogP contribution in [-0.2, 0) is 11.0 Å². The summed E-state index contributed by atoms with van der Waals surface area (Å²) >= 11 is 0. The maximum atomic E-state index is 12.9. The highest BCUT2D eigenvalue weighted by atomic mass is 19.4. The Kier molecular flexibility index (Phi) is 4.62. The minimum absolute atomic E-state index is 0.168. The van der Waals surface area contributed by atoms with Crippen LogP contribution in [-0.4, -0.2) is 20.7 Å². The van der Waals surface area contributed by atoms with Gasteiger partial charge < -0.3 is 5.73 Å². The van der Waals surface area contributed by atoms with Gasteiger partial charge in [-0.2, -0.15) is 18.3 Å². The number of alkyl halides is 3. The summed E-state index contributed by atoms with van der Waals surface area (Å²) in [7, 11) is 0. The number of primary amides is 1. The van der Waals surface area contributed by atoms with Crippen molar-refractivity contribution >= 4 is 22.5 Å². The molecule has 0 saturated heterocycles. The maximum absolute atomic E-state index is 12.9. The largest absolute Gasteiger partial charge is 0.416 e. The fraction of sp³-hybridized carbons (Fsp3) is 0.0455. The molecular formula is C22H15F3N4O. The molecule has 0 aliphatic carbocycles. The van der Waals surface area contributed by atoms with Crippen LogP contribution in [0.25, 0.3) is 33.6 Å². The summed E-state index contributed by atoms with van der Waals surface area (Å²) < 4.78 is 40.1. The molecule has 150 valence electrons. The number of nitrogens with zero attached hydrogens (tertiary/aromatic N) is 3. The van der Waals surface area contributed by atoms with E-state index in [9.17, 15) is 18.0 Å². The summed E-state index contributed by atoms with van der Waals surface area (Å²) in [5.74, 6) is -0.631. The molecule has 4 aromatic rings. The number of rotatable bonds is 4. The van der Waals surface area contributed by atoms with Crippen molar-refractivity contribution in [2.75, 3.05) is 0 Å². The van der Waals surface area contributed by atoms with Gasteiger partial charge >= 0.3 is 6.18 Å². The third-order valence-electron chi connectivity index (χ3n) is 4.66. The van der Waals surface area contributed by atoms with E-state index in [-0.39, 0.29) is 5.57 Å². The zero-order chi connectivity index (χ0) is 21.5. The number of nitrogens with two attached hydrogens (primary N) is 1. The minimum Gasteiger partial charge on any atom is -0.366 e. The summed E-state index contributed by atoms with van der Waals surface area (Å²) in [5, 5.41) is 5.30. The molecule has 2 aromatic heterocycles. The lowest BCUT2D eigenvalue weighted by Gasteiger charge is -2.08. The zero-order valence-corrected chi connectivity index (χ0v) is 15.5. The van der Waals surface area contributed by atoms with E-state index in [1.54, 1.807) is 30.5 Å². The van der Waals surface area contributed by atoms with Gasteiger partial charge in [0, 0.05) is 22.7 Å². The number of carbonyl (C=O) groups excluding carboxylic acids is 1. The first-order valence-electron chi connectivity index (χ1n) is 8.86. The summed E-state index contributed by atoms with van der Waals surface area (Å²) in [6.45, 7) is 3.70. The van der Waals surface area contributed by atoms with E-state index >= 15 is 0 Å². The molecule has 8 heteroatoms. The highest BCUT2D eigenvalue weighted by Gasteiger charge is 2.30. The van der Waals surface area contributed by atoms with Crippen molar-refractivity contribution in [2.45, 2.75) is 6.18 Å². The van der Waals surface area contributed by atoms with Crippen LogP contribution in [0.5, 0.6) is 0 Å². The highest BCUT2D eigenvalue weighted by molar-refractivity contribution is 6.18. The molecule has 1 amide bonds. The van der Waals surface area contributed by atoms with Crippen LogP contribution in [0.3, 0.4) is 0 Å². The number of aromatic nitrogens is 3. The Balaban J connectivity index is 1.86. The Labute approximate surface area is 169 Å². The molecule has 0 bridgehead atoms. The Morgan fingerprint density at radius 2 is 1.77 bits per heavy atom. The Hall–Kier alpha value is -3.94. The minimum atomic E-state index is -4.42. The second kappa shape index (κ2) is 7.14. The number of hydrogen-bond acceptors (Lipinski definition) is 3. The molecule has 0 aliphatic rings. The van der Waals surface area contributed by atoms with Gasteiger partial charge in [0.1, 0.15) is 5.69 Å². The molecule has 4 rings (SSSR count). The number of pyridine rings is 1. The van der Waals surface area contributed by atoms with Crippen LogP contribution >= 0.6 is 0 Å². The molecule has 0 unspecified atom stereocenters. The van der Waals surface area contributed by atoms with Gasteiger partial charge in [0.05, 0.1) is 11.3 Å². The monoisotopic (exact) mass is 408 g/mol. The van der Waals surface area contributed by atoms with E-state index in [4.69, 9.17) is 5.73 Å². The lowest BCUT2D eigenvalue weighted by Crippen LogP contribution is -2.11. The Morgan fingerprint density at radius 3 is 2.43 bits per heavy atom. The predicted octanol–water partition coefficient (Wildman–Crippen LogP) is 4.60. The summed E-state index contributed by atoms with van der Waals surface area (Å²) in [6, 6.07) is 15.3. The van der Waals surface area contributed by atoms with Crippen LogP contribution in [0.1, 0.15) is 11.1 Å². The highest BCUT2D eigenvalue weighted by Crippen LogP contribution is 2.32. The van der Waals surface area contributed by atoms with Crippen molar-refractivity contribution in [3.63, 3.8) is 0 Å². The topological polar surface area (TPSA) is 73.8 Å². The molecule has 0 spiro atoms. The number of amides is 1. The number of carbonyl (C=O) groups is 1. The van der Waals surface area contributed by atoms with Crippen molar-refractivity contribution in [1.29, 1.82) is 0 Å². The number of hydrogen-bond donors (Lipinski definition) is 1. The molecule has 0 fully saturated rings. The SMILES string of the molecule is C=C(C(N)=O)c1cccc(-c2nn(-c3ccc(C(F)(F)F)cc3)c3ncccc23)c1. The van der Waals surface area contributed by atoms with Gasteiger partial charge in [0.2, 0.25) is 5.91 Å². The van der Waals surface area contributed by atoms with E-state index in [0.29, 0.717) is 33.5 Å². The third-order valence-corrected chi connectivity index (χ3v) is 4.66. The van der Waals surface area contributed by atoms with Crippen LogP contribution in [0.4, 0.5) is 13.2 Å². The third kappa shape index (κ3) is 3.43. The molecule has 0 radical (unpaired) electrons. The summed E-state index contributed by atoms with van der Waals surface area (Å²) in [6.07, 6.45) is -2.84. The van der Waals surface area contributed by atoms with Crippen molar-refractivity contribution in [3.05, 3.63) is 84.6 Å². The zero-order valence-electron chi connectivity index (χ0n) is 15.5. The average molecular weight is 408 g/mol. The molecular weight excluding hydrogens is 393 g/mol. The lowest BCUT2D eigenvalue weighted by atomic mass is 10.0. The lowest BCUT2D eigenvalue weighted by molar-refractivity contribution is -0.137. The van der Waals surface area contributed by atoms with Gasteiger partial charge in [-0.1, -0.05) is 24.8 Å². The van der Waals surface area contributed by atoms with E-state index in [2.05, 4.69) is 16.7 Å². The molecule has 0 aliphatic heterocycles. The van der Waals surface area contributed by atoms with Crippen molar-refractivity contribution in [3.8, 4) is 16.9 Å². The maximum Gasteiger partial charge on any atom is 0.416 e. The van der Waals surface area contributed by atoms with E-state index in [1.165, 1.54) is 16.8 Å². The number of fused-ring (bicyclic) bond motifs is 1. The quantitative estimate of drug-likeness (QED) is 0.502. The molecule has 2 N–H and O–H groups in total. The first-order valence-corrected chi connectivity index (χ1v) is 8.86. The van der Waals surface area contributed by atoms with Gasteiger partial charge in [0.15, 0.2) is 5.65 Å². The van der Waals surface area contributed by atoms with E-state index < -0.39 is 17.6 Å². The van der Waals surface area contributed by atoms with E-state index in [0.717, 1.165) is 12.1 Å². The summed E-state index contributed by atoms with van der Waals surface area (Å²) in [4.78, 5) is 15.8. The molecule has 0 atom stereocenters. The Bertz CT molecular complexity index is 1270. The predicted molar refractivity (Wildman–Crippen MR) is 108 cm³/mol. The first-order chi connectivity index (χ1) is 14.3. The van der Waals surface area contributed by atoms with Crippen LogP contribution in [0.15, 0.2) is 73.4 Å². The van der Waals surface area contributed by atoms with Crippen molar-refractivity contribution < 1.29 is 18.0 Å². The second-order valence-corrected chi connectivity index (χ2v) is 6.60. The average Bonchev–Trinajstić information content (AvgIpc) is 3.12. The molecule has 30 heavy (non-hydrogen) atoms. The molecule has 0 saturated carbocycles. The fourth-order valence-electron chi connectivity index (χ4n) is 3.13. The van der Waals surface area contributed by atoms with Crippen molar-refractivity contribution in [2.24, 2.45) is 5.73 Å². The standard InChI is InChI=1S/C22H15F3N4O/c1-13(20(26)30)14-4-2-5-15(12-14)19-18-6-3-11-27-21(18)29(28-19)17-9-7-16(8-10-17)22(23,24)25/h2-12H,1H2,(H2,26,30). The van der Waals surface area contributed by atoms with Crippen molar-refractivity contribution in [1.82, 2.24) is 14.8 Å². The summed E-state index contributed by atoms with van der Waals surface area (Å²) in [5.41, 5.74) is 7.50. The fourth-order valence-corrected chi connectivity index (χ4v) is 3.13. The van der Waals surface area contributed by atoms with Crippen LogP contribution in [0, 0.1) is 0 Å². The second-order valence-electron chi connectivity index (χ2n) is 6.60. The van der Waals surface area contributed by atoms with Crippen LogP contribution < -0.4 is 5.73 Å². The van der Waals surface area contributed by atoms with Gasteiger partial charge in [-0.15, -0.1) is 0 Å². The Morgan fingerprint density at radius 1 is 1.03 bits per heavy atom. The molecule has 2 heterocycles. The molecule has 5 nitrogen and oxygen atoms in total. The van der Waals surface area contributed by atoms with Crippen LogP contribution in [0.2, 0.25) is 0 Å². The normalized spacial score (nSPS) is 11.6. The molecule has 2 aromatic carbocycles. The van der Waals surface area contributed by atoms with Gasteiger partial charge in [0.25, 0.3) is 0 Å². The first kappa shape index (κ1) is 19.4. The number of halogens is 3. The number of benzene rings is 2. The van der Waals surface area contributed by atoms with Gasteiger partial charge in [-0.25, -0.2) is 9.67 Å².